The lowest BCUT2D eigenvalue weighted by atomic mass is 10.0. The van der Waals surface area contributed by atoms with Gasteiger partial charge in [0.15, 0.2) is 0 Å². The molecule has 0 heterocycles. The molecule has 0 saturated carbocycles. The number of nitrogens with zero attached hydrogens (tertiary/aromatic N) is 1. The molecule has 0 aliphatic heterocycles. The molecular weight excluding hydrogens is 530 g/mol. The van der Waals surface area contributed by atoms with Crippen molar-refractivity contribution in [3.05, 3.63) is 72.9 Å². The summed E-state index contributed by atoms with van der Waals surface area (Å²) in [6, 6.07) is 16.9. The van der Waals surface area contributed by atoms with Gasteiger partial charge in [-0.15, -0.1) is 0 Å². The molecular formula is C18H12I2N2O2. The number of carbonyl (C=O) groups excluding carboxylic acids is 1. The summed E-state index contributed by atoms with van der Waals surface area (Å²) in [6.45, 7) is 0. The molecule has 0 aliphatic rings. The van der Waals surface area contributed by atoms with Crippen molar-refractivity contribution in [1.29, 1.82) is 0 Å². The van der Waals surface area contributed by atoms with Gasteiger partial charge < -0.3 is 5.11 Å². The van der Waals surface area contributed by atoms with E-state index in [-0.39, 0.29) is 11.7 Å². The highest BCUT2D eigenvalue weighted by atomic mass is 127. The Morgan fingerprint density at radius 2 is 1.71 bits per heavy atom. The largest absolute Gasteiger partial charge is 0.506 e. The van der Waals surface area contributed by atoms with E-state index in [0.717, 1.165) is 23.5 Å². The van der Waals surface area contributed by atoms with Crippen molar-refractivity contribution in [3.8, 4) is 5.75 Å². The highest BCUT2D eigenvalue weighted by Gasteiger charge is 2.08. The van der Waals surface area contributed by atoms with E-state index < -0.39 is 0 Å². The number of amides is 1. The molecule has 3 aromatic rings. The second-order valence-electron chi connectivity index (χ2n) is 5.06. The van der Waals surface area contributed by atoms with E-state index in [1.54, 1.807) is 24.4 Å². The SMILES string of the molecule is O=C(N/N=C\c1cc(I)c(O)c(I)c1)c1cccc2ccccc12. The quantitative estimate of drug-likeness (QED) is 0.291. The maximum Gasteiger partial charge on any atom is 0.271 e. The number of hydrogen-bond acceptors (Lipinski definition) is 3. The molecule has 0 unspecified atom stereocenters. The van der Waals surface area contributed by atoms with Gasteiger partial charge in [-0.1, -0.05) is 36.4 Å². The predicted octanol–water partition coefficient (Wildman–Crippen LogP) is 4.52. The lowest BCUT2D eigenvalue weighted by Crippen LogP contribution is -2.17. The van der Waals surface area contributed by atoms with Crippen molar-refractivity contribution in [3.63, 3.8) is 0 Å². The second kappa shape index (κ2) is 7.47. The first-order valence-corrected chi connectivity index (χ1v) is 9.21. The van der Waals surface area contributed by atoms with E-state index in [0.29, 0.717) is 5.56 Å². The van der Waals surface area contributed by atoms with E-state index in [4.69, 9.17) is 0 Å². The average Bonchev–Trinajstić information content (AvgIpc) is 2.59. The summed E-state index contributed by atoms with van der Waals surface area (Å²) in [5.74, 6) is -0.000590. The fourth-order valence-corrected chi connectivity index (χ4v) is 4.13. The number of nitrogens with one attached hydrogen (secondary N) is 1. The fraction of sp³-hybridized carbons (Fsp3) is 0. The zero-order valence-corrected chi connectivity index (χ0v) is 16.6. The molecule has 0 aliphatic carbocycles. The Morgan fingerprint density at radius 1 is 1.04 bits per heavy atom. The number of benzene rings is 3. The summed E-state index contributed by atoms with van der Waals surface area (Å²) < 4.78 is 1.47. The van der Waals surface area contributed by atoms with Gasteiger partial charge in [-0.3, -0.25) is 4.79 Å². The van der Waals surface area contributed by atoms with Gasteiger partial charge in [-0.05, 0) is 79.7 Å². The molecule has 0 bridgehead atoms. The van der Waals surface area contributed by atoms with Gasteiger partial charge in [0.25, 0.3) is 5.91 Å². The monoisotopic (exact) mass is 542 g/mol. The maximum absolute atomic E-state index is 12.4. The number of halogens is 2. The number of aromatic hydroxyl groups is 1. The molecule has 0 atom stereocenters. The molecule has 1 amide bonds. The Labute approximate surface area is 166 Å². The summed E-state index contributed by atoms with van der Waals surface area (Å²) >= 11 is 4.11. The maximum atomic E-state index is 12.4. The molecule has 24 heavy (non-hydrogen) atoms. The van der Waals surface area contributed by atoms with Crippen molar-refractivity contribution in [1.82, 2.24) is 5.43 Å². The molecule has 0 aromatic heterocycles. The summed E-state index contributed by atoms with van der Waals surface area (Å²) in [5.41, 5.74) is 3.95. The molecule has 0 spiro atoms. The van der Waals surface area contributed by atoms with Gasteiger partial charge in [-0.2, -0.15) is 5.10 Å². The lowest BCUT2D eigenvalue weighted by molar-refractivity contribution is 0.0957. The predicted molar refractivity (Wildman–Crippen MR) is 113 cm³/mol. The first-order valence-electron chi connectivity index (χ1n) is 7.05. The number of hydrogen-bond donors (Lipinski definition) is 2. The van der Waals surface area contributed by atoms with Crippen LogP contribution in [0.25, 0.3) is 10.8 Å². The third-order valence-corrected chi connectivity index (χ3v) is 5.10. The first-order chi connectivity index (χ1) is 11.6. The van der Waals surface area contributed by atoms with Crippen molar-refractivity contribution in [2.75, 3.05) is 0 Å². The van der Waals surface area contributed by atoms with Crippen LogP contribution in [0.1, 0.15) is 15.9 Å². The van der Waals surface area contributed by atoms with Gasteiger partial charge in [-0.25, -0.2) is 5.43 Å². The van der Waals surface area contributed by atoms with Crippen LogP contribution in [0.2, 0.25) is 0 Å². The van der Waals surface area contributed by atoms with Crippen molar-refractivity contribution >= 4 is 68.1 Å². The van der Waals surface area contributed by atoms with Crippen LogP contribution >= 0.6 is 45.2 Å². The van der Waals surface area contributed by atoms with E-state index in [2.05, 4.69) is 55.7 Å². The summed E-state index contributed by atoms with van der Waals surface area (Å²) in [6.07, 6.45) is 1.56. The van der Waals surface area contributed by atoms with E-state index >= 15 is 0 Å². The molecule has 0 saturated heterocycles. The summed E-state index contributed by atoms with van der Waals surface area (Å²) in [4.78, 5) is 12.4. The van der Waals surface area contributed by atoms with E-state index in [9.17, 15) is 9.90 Å². The minimum absolute atomic E-state index is 0.258. The summed E-state index contributed by atoms with van der Waals surface area (Å²) in [7, 11) is 0. The highest BCUT2D eigenvalue weighted by Crippen LogP contribution is 2.26. The zero-order valence-electron chi connectivity index (χ0n) is 12.3. The highest BCUT2D eigenvalue weighted by molar-refractivity contribution is 14.1. The third-order valence-electron chi connectivity index (χ3n) is 3.45. The number of hydrazone groups is 1. The van der Waals surface area contributed by atoms with E-state index in [1.165, 1.54) is 0 Å². The number of fused-ring (bicyclic) bond motifs is 1. The standard InChI is InChI=1S/C18H12I2N2O2/c19-15-8-11(9-16(20)17(15)23)10-21-22-18(24)14-7-3-5-12-4-1-2-6-13(12)14/h1-10,23H,(H,22,24)/b21-10-. The lowest BCUT2D eigenvalue weighted by Gasteiger charge is -2.05. The van der Waals surface area contributed by atoms with Crippen LogP contribution < -0.4 is 5.43 Å². The minimum Gasteiger partial charge on any atom is -0.506 e. The molecule has 3 aromatic carbocycles. The average molecular weight is 542 g/mol. The normalized spacial score (nSPS) is 11.1. The van der Waals surface area contributed by atoms with Crippen LogP contribution in [0, 0.1) is 7.14 Å². The Balaban J connectivity index is 1.80. The fourth-order valence-electron chi connectivity index (χ4n) is 2.31. The number of phenolic OH excluding ortho intramolecular Hbond substituents is 1. The number of carbonyl (C=O) groups is 1. The van der Waals surface area contributed by atoms with Gasteiger partial charge >= 0.3 is 0 Å². The molecule has 4 nitrogen and oxygen atoms in total. The van der Waals surface area contributed by atoms with Gasteiger partial charge in [0.05, 0.1) is 13.4 Å². The van der Waals surface area contributed by atoms with Crippen molar-refractivity contribution in [2.24, 2.45) is 5.10 Å². The van der Waals surface area contributed by atoms with Crippen LogP contribution in [0.5, 0.6) is 5.75 Å². The zero-order chi connectivity index (χ0) is 17.1. The van der Waals surface area contributed by atoms with E-state index in [1.807, 2.05) is 36.4 Å². The summed E-state index contributed by atoms with van der Waals surface area (Å²) in [5, 5.41) is 15.7. The van der Waals surface area contributed by atoms with Crippen molar-refractivity contribution < 1.29 is 9.90 Å². The Bertz CT molecular complexity index is 926. The third kappa shape index (κ3) is 3.69. The molecule has 120 valence electrons. The molecule has 0 radical (unpaired) electrons. The molecule has 0 fully saturated rings. The van der Waals surface area contributed by atoms with Crippen molar-refractivity contribution in [2.45, 2.75) is 0 Å². The topological polar surface area (TPSA) is 61.7 Å². The number of phenols is 1. The second-order valence-corrected chi connectivity index (χ2v) is 7.38. The Hall–Kier alpha value is -1.68. The minimum atomic E-state index is -0.258. The molecule has 6 heteroatoms. The van der Waals surface area contributed by atoms with Crippen LogP contribution in [0.4, 0.5) is 0 Å². The number of rotatable bonds is 3. The van der Waals surface area contributed by atoms with Gasteiger partial charge in [0, 0.05) is 5.56 Å². The molecule has 3 rings (SSSR count). The Kier molecular flexibility index (Phi) is 5.34. The van der Waals surface area contributed by atoms with Crippen LogP contribution in [0.3, 0.4) is 0 Å². The van der Waals surface area contributed by atoms with Gasteiger partial charge in [0.1, 0.15) is 5.75 Å². The first kappa shape index (κ1) is 17.2. The van der Waals surface area contributed by atoms with Crippen LogP contribution in [-0.4, -0.2) is 17.2 Å². The Morgan fingerprint density at radius 3 is 2.46 bits per heavy atom. The van der Waals surface area contributed by atoms with Crippen LogP contribution in [-0.2, 0) is 0 Å². The smallest absolute Gasteiger partial charge is 0.271 e. The van der Waals surface area contributed by atoms with Crippen LogP contribution in [0.15, 0.2) is 59.7 Å². The molecule has 2 N–H and O–H groups in total. The van der Waals surface area contributed by atoms with Gasteiger partial charge in [0.2, 0.25) is 0 Å².